The Morgan fingerprint density at radius 3 is 2.21 bits per heavy atom. The van der Waals surface area contributed by atoms with Gasteiger partial charge in [-0.3, -0.25) is 24.2 Å². The molecule has 6 aromatic rings. The number of phenols is 1. The number of likely N-dealkylation sites (tertiary alicyclic amines) is 1. The number of amides is 3. The number of nitrogens with zero attached hydrogens (tertiary/aromatic N) is 8. The highest BCUT2D eigenvalue weighted by atomic mass is 19.1. The van der Waals surface area contributed by atoms with Crippen molar-refractivity contribution in [3.63, 3.8) is 0 Å². The Hall–Kier alpha value is -7.32. The third-order valence-electron chi connectivity index (χ3n) is 15.9. The average molecular weight is 1020 g/mol. The Labute approximate surface area is 436 Å². The van der Waals surface area contributed by atoms with E-state index < -0.39 is 24.0 Å². The zero-order valence-corrected chi connectivity index (χ0v) is 43.2. The van der Waals surface area contributed by atoms with Crippen LogP contribution < -0.4 is 9.64 Å². The number of aromatic hydroxyl groups is 1. The second-order valence-corrected chi connectivity index (χ2v) is 20.4. The highest BCUT2D eigenvalue weighted by Gasteiger charge is 2.36. The molecule has 1 N–H and O–H groups in total. The van der Waals surface area contributed by atoms with E-state index in [2.05, 4.69) is 28.0 Å². The van der Waals surface area contributed by atoms with Crippen molar-refractivity contribution in [1.82, 2.24) is 28.7 Å². The maximum absolute atomic E-state index is 15.8. The molecule has 2 saturated heterocycles. The highest BCUT2D eigenvalue weighted by molar-refractivity contribution is 6.13. The Balaban J connectivity index is 0.999. The van der Waals surface area contributed by atoms with Gasteiger partial charge in [0.25, 0.3) is 11.8 Å². The second-order valence-electron chi connectivity index (χ2n) is 20.4. The lowest BCUT2D eigenvalue weighted by Crippen LogP contribution is -2.51. The number of benzene rings is 4. The summed E-state index contributed by atoms with van der Waals surface area (Å²) in [5.74, 6) is -2.60. The number of halogens is 2. The van der Waals surface area contributed by atoms with Gasteiger partial charge in [0.1, 0.15) is 41.5 Å². The molecule has 10 rings (SSSR count). The zero-order chi connectivity index (χ0) is 52.5. The minimum absolute atomic E-state index is 0.0357. The van der Waals surface area contributed by atoms with Gasteiger partial charge < -0.3 is 38.4 Å². The van der Waals surface area contributed by atoms with Crippen LogP contribution in [0, 0.1) is 36.8 Å². The lowest BCUT2D eigenvalue weighted by atomic mass is 9.89. The van der Waals surface area contributed by atoms with Gasteiger partial charge in [0.15, 0.2) is 0 Å². The van der Waals surface area contributed by atoms with Crippen LogP contribution in [0.2, 0.25) is 0 Å². The van der Waals surface area contributed by atoms with Crippen LogP contribution in [-0.2, 0) is 56.0 Å². The summed E-state index contributed by atoms with van der Waals surface area (Å²) in [6.07, 6.45) is 4.02. The van der Waals surface area contributed by atoms with Crippen LogP contribution in [0.1, 0.15) is 84.9 Å². The number of nitriles is 1. The van der Waals surface area contributed by atoms with E-state index in [9.17, 15) is 15.2 Å². The van der Waals surface area contributed by atoms with Gasteiger partial charge in [0.05, 0.1) is 30.9 Å². The van der Waals surface area contributed by atoms with Gasteiger partial charge in [0.2, 0.25) is 5.91 Å². The number of ether oxygens (including phenoxy) is 2. The summed E-state index contributed by atoms with van der Waals surface area (Å²) in [4.78, 5) is 54.9. The normalized spacial score (nSPS) is 17.1. The quantitative estimate of drug-likeness (QED) is 0.121. The Bertz CT molecular complexity index is 3160. The highest BCUT2D eigenvalue weighted by Crippen LogP contribution is 2.39. The molecule has 0 unspecified atom stereocenters. The minimum Gasteiger partial charge on any atom is -0.508 e. The summed E-state index contributed by atoms with van der Waals surface area (Å²) in [5, 5.41) is 20.2. The number of carbonyl (C=O) groups is 3. The van der Waals surface area contributed by atoms with Crippen LogP contribution in [0.4, 0.5) is 20.2 Å². The van der Waals surface area contributed by atoms with Crippen molar-refractivity contribution in [2.45, 2.75) is 71.5 Å². The van der Waals surface area contributed by atoms with Crippen molar-refractivity contribution in [1.29, 1.82) is 5.26 Å². The molecule has 2 aromatic heterocycles. The van der Waals surface area contributed by atoms with E-state index in [1.165, 1.54) is 24.1 Å². The summed E-state index contributed by atoms with van der Waals surface area (Å²) in [7, 11) is 3.65. The van der Waals surface area contributed by atoms with Crippen LogP contribution in [0.5, 0.6) is 11.5 Å². The summed E-state index contributed by atoms with van der Waals surface area (Å²) in [6, 6.07) is 26.4. The molecule has 2 fully saturated rings. The fourth-order valence-electron chi connectivity index (χ4n) is 11.3. The Kier molecular flexibility index (Phi) is 14.9. The molecule has 390 valence electrons. The van der Waals surface area contributed by atoms with Crippen molar-refractivity contribution in [3.8, 4) is 28.8 Å². The molecule has 3 amide bonds. The molecular formula is C59H64F2N8O6. The van der Waals surface area contributed by atoms with Gasteiger partial charge in [-0.1, -0.05) is 30.7 Å². The van der Waals surface area contributed by atoms with E-state index in [1.807, 2.05) is 60.7 Å². The summed E-state index contributed by atoms with van der Waals surface area (Å²) in [6.45, 7) is 10.8. The first-order valence-corrected chi connectivity index (χ1v) is 26.1. The number of anilines is 2. The molecule has 0 radical (unpaired) electrons. The maximum Gasteiger partial charge on any atom is 0.264 e. The predicted molar refractivity (Wildman–Crippen MR) is 281 cm³/mol. The Morgan fingerprint density at radius 1 is 0.787 bits per heavy atom. The van der Waals surface area contributed by atoms with E-state index in [-0.39, 0.29) is 54.6 Å². The number of piperidine rings is 1. The smallest absolute Gasteiger partial charge is 0.264 e. The second kappa shape index (κ2) is 21.9. The van der Waals surface area contributed by atoms with Gasteiger partial charge in [-0.15, -0.1) is 0 Å². The van der Waals surface area contributed by atoms with E-state index in [0.29, 0.717) is 90.0 Å². The lowest BCUT2D eigenvalue weighted by Gasteiger charge is -2.41. The zero-order valence-electron chi connectivity index (χ0n) is 43.2. The van der Waals surface area contributed by atoms with Gasteiger partial charge in [-0.2, -0.15) is 5.26 Å². The van der Waals surface area contributed by atoms with Gasteiger partial charge in [-0.05, 0) is 123 Å². The molecule has 0 saturated carbocycles. The van der Waals surface area contributed by atoms with Crippen molar-refractivity contribution in [2.24, 2.45) is 14.1 Å². The average Bonchev–Trinajstić information content (AvgIpc) is 3.88. The predicted octanol–water partition coefficient (Wildman–Crippen LogP) is 8.37. The number of hydrogen-bond donors (Lipinski definition) is 1. The minimum atomic E-state index is -0.852. The third-order valence-corrected chi connectivity index (χ3v) is 15.9. The SMILES string of the molecule is Cc1c(N(C(=O)c2cc(-c3cc4c(cc3C(=O)N3Cc5ccccc5C[C@H]3CN3CCCCC3)CN(C(=O)Cc3c(F)cc(OCCN5CCOCC5)cc3F)CC4)n(C)c2C)c2ccc(O)cc2)cc(C#N)n1C. The molecule has 6 heterocycles. The number of phenolic OH excluding ortho intramolecular Hbond substituents is 1. The maximum atomic E-state index is 15.8. The lowest BCUT2D eigenvalue weighted by molar-refractivity contribution is -0.131. The van der Waals surface area contributed by atoms with Gasteiger partial charge in [-0.25, -0.2) is 8.78 Å². The fourth-order valence-corrected chi connectivity index (χ4v) is 11.3. The van der Waals surface area contributed by atoms with E-state index in [4.69, 9.17) is 9.47 Å². The number of carbonyl (C=O) groups excluding carboxylic acids is 3. The topological polar surface area (TPSA) is 140 Å². The molecule has 0 aliphatic carbocycles. The molecular weight excluding hydrogens is 955 g/mol. The van der Waals surface area contributed by atoms with Crippen molar-refractivity contribution >= 4 is 29.1 Å². The summed E-state index contributed by atoms with van der Waals surface area (Å²) < 4.78 is 46.1. The van der Waals surface area contributed by atoms with Crippen LogP contribution >= 0.6 is 0 Å². The number of fused-ring (bicyclic) bond motifs is 2. The number of hydrogen-bond acceptors (Lipinski definition) is 9. The summed E-state index contributed by atoms with van der Waals surface area (Å²) >= 11 is 0. The number of morpholine rings is 1. The molecule has 14 nitrogen and oxygen atoms in total. The fraction of sp³-hybridized carbons (Fsp3) is 0.390. The summed E-state index contributed by atoms with van der Waals surface area (Å²) in [5.41, 5.74) is 8.39. The first-order valence-electron chi connectivity index (χ1n) is 26.1. The van der Waals surface area contributed by atoms with Gasteiger partial charge >= 0.3 is 0 Å². The standard InChI is InChI=1S/C59H64F2N8O6/c1-38-49(59(73)69(44-12-14-47(70)15-13-44)55-29-45(34-62)63(3)39(55)2)32-56(64(38)4)50-27-41-16-19-67(57(71)33-52-53(60)30-48(31-54(52)61)75-25-22-65-20-23-74-24-21-65)35-43(41)28-51(50)58(72)68-36-42-11-7-6-10-40(42)26-46(68)37-66-17-8-5-9-18-66/h6-7,10-15,27-32,46,70H,5,8-9,16-26,33,35-37H2,1-4H3/t46-/m0/s1. The first kappa shape index (κ1) is 51.2. The van der Waals surface area contributed by atoms with Crippen molar-refractivity contribution in [3.05, 3.63) is 153 Å². The molecule has 75 heavy (non-hydrogen) atoms. The molecule has 4 aliphatic rings. The molecule has 0 bridgehead atoms. The van der Waals surface area contributed by atoms with Crippen LogP contribution in [0.3, 0.4) is 0 Å². The van der Waals surface area contributed by atoms with Crippen LogP contribution in [0.15, 0.2) is 84.9 Å². The number of aromatic nitrogens is 2. The van der Waals surface area contributed by atoms with E-state index in [1.54, 1.807) is 39.6 Å². The van der Waals surface area contributed by atoms with Crippen LogP contribution in [-0.4, -0.2) is 123 Å². The largest absolute Gasteiger partial charge is 0.508 e. The van der Waals surface area contributed by atoms with Crippen LogP contribution in [0.25, 0.3) is 11.3 Å². The van der Waals surface area contributed by atoms with Crippen molar-refractivity contribution in [2.75, 3.05) is 70.5 Å². The molecule has 16 heteroatoms. The molecule has 4 aromatic carbocycles. The monoisotopic (exact) mass is 1020 g/mol. The van der Waals surface area contributed by atoms with Gasteiger partial charge in [0, 0.05) is 118 Å². The number of rotatable bonds is 13. The Morgan fingerprint density at radius 2 is 1.51 bits per heavy atom. The molecule has 0 spiro atoms. The third kappa shape index (κ3) is 10.5. The van der Waals surface area contributed by atoms with Crippen molar-refractivity contribution < 1.29 is 37.7 Å². The van der Waals surface area contributed by atoms with E-state index in [0.717, 1.165) is 74.4 Å². The first-order chi connectivity index (χ1) is 36.3. The van der Waals surface area contributed by atoms with E-state index >= 15 is 18.4 Å². The molecule has 4 aliphatic heterocycles. The molecule has 1 atom stereocenters.